The molecular weight excluding hydrogens is 252 g/mol. The lowest BCUT2D eigenvalue weighted by Gasteiger charge is -2.36. The zero-order valence-electron chi connectivity index (χ0n) is 12.8. The van der Waals surface area contributed by atoms with Crippen molar-refractivity contribution < 1.29 is 0 Å². The first-order valence-corrected chi connectivity index (χ1v) is 8.09. The van der Waals surface area contributed by atoms with Gasteiger partial charge in [-0.1, -0.05) is 44.9 Å². The molecule has 1 saturated carbocycles. The van der Waals surface area contributed by atoms with Crippen LogP contribution in [0.3, 0.4) is 0 Å². The van der Waals surface area contributed by atoms with E-state index in [0.29, 0.717) is 5.41 Å². The van der Waals surface area contributed by atoms with Crippen LogP contribution in [0.5, 0.6) is 0 Å². The molecular formula is C18H27Cl. The maximum atomic E-state index is 6.94. The number of hydrogen-bond donors (Lipinski definition) is 0. The Labute approximate surface area is 123 Å². The van der Waals surface area contributed by atoms with Crippen LogP contribution < -0.4 is 0 Å². The summed E-state index contributed by atoms with van der Waals surface area (Å²) < 4.78 is 0. The monoisotopic (exact) mass is 278 g/mol. The third kappa shape index (κ3) is 3.16. The Balaban J connectivity index is 2.28. The SMILES string of the molecule is Cc1ccc(C(Cl)C2(CC(C)C)CCCC2)cc1C. The van der Waals surface area contributed by atoms with Gasteiger partial charge in [0.05, 0.1) is 5.38 Å². The highest BCUT2D eigenvalue weighted by Gasteiger charge is 2.41. The van der Waals surface area contributed by atoms with E-state index in [9.17, 15) is 0 Å². The van der Waals surface area contributed by atoms with Crippen LogP contribution >= 0.6 is 11.6 Å². The largest absolute Gasteiger partial charge is 0.117 e. The molecule has 1 heteroatoms. The fraction of sp³-hybridized carbons (Fsp3) is 0.667. The van der Waals surface area contributed by atoms with Crippen molar-refractivity contribution in [2.45, 2.75) is 65.2 Å². The first-order chi connectivity index (χ1) is 8.94. The minimum absolute atomic E-state index is 0.177. The van der Waals surface area contributed by atoms with Gasteiger partial charge in [-0.3, -0.25) is 0 Å². The van der Waals surface area contributed by atoms with Crippen molar-refractivity contribution in [1.29, 1.82) is 0 Å². The minimum atomic E-state index is 0.177. The Morgan fingerprint density at radius 3 is 2.26 bits per heavy atom. The van der Waals surface area contributed by atoms with Crippen LogP contribution in [0.15, 0.2) is 18.2 Å². The molecule has 1 aliphatic carbocycles. The van der Waals surface area contributed by atoms with Crippen molar-refractivity contribution in [3.05, 3.63) is 34.9 Å². The summed E-state index contributed by atoms with van der Waals surface area (Å²) >= 11 is 6.94. The molecule has 1 aromatic carbocycles. The number of benzene rings is 1. The molecule has 1 fully saturated rings. The molecule has 0 bridgehead atoms. The molecule has 1 aromatic rings. The molecule has 0 spiro atoms. The van der Waals surface area contributed by atoms with Crippen LogP contribution in [-0.4, -0.2) is 0 Å². The van der Waals surface area contributed by atoms with Gasteiger partial charge in [0, 0.05) is 0 Å². The lowest BCUT2D eigenvalue weighted by atomic mass is 9.73. The van der Waals surface area contributed by atoms with Crippen LogP contribution in [-0.2, 0) is 0 Å². The van der Waals surface area contributed by atoms with Crippen LogP contribution in [0, 0.1) is 25.2 Å². The number of hydrogen-bond acceptors (Lipinski definition) is 0. The van der Waals surface area contributed by atoms with Gasteiger partial charge in [-0.15, -0.1) is 11.6 Å². The second-order valence-corrected chi connectivity index (χ2v) is 7.31. The van der Waals surface area contributed by atoms with Crippen molar-refractivity contribution in [2.24, 2.45) is 11.3 Å². The van der Waals surface area contributed by atoms with Gasteiger partial charge in [-0.05, 0) is 61.1 Å². The van der Waals surface area contributed by atoms with Crippen molar-refractivity contribution >= 4 is 11.6 Å². The van der Waals surface area contributed by atoms with Crippen LogP contribution in [0.25, 0.3) is 0 Å². The molecule has 106 valence electrons. The molecule has 1 unspecified atom stereocenters. The number of halogens is 1. The van der Waals surface area contributed by atoms with E-state index in [1.807, 2.05) is 0 Å². The predicted octanol–water partition coefficient (Wildman–Crippen LogP) is 6.19. The van der Waals surface area contributed by atoms with Gasteiger partial charge in [0.25, 0.3) is 0 Å². The molecule has 0 heterocycles. The fourth-order valence-corrected chi connectivity index (χ4v) is 4.17. The number of rotatable bonds is 4. The molecule has 0 N–H and O–H groups in total. The summed E-state index contributed by atoms with van der Waals surface area (Å²) in [5.41, 5.74) is 4.38. The average molecular weight is 279 g/mol. The molecule has 0 aromatic heterocycles. The van der Waals surface area contributed by atoms with E-state index in [-0.39, 0.29) is 5.38 Å². The highest BCUT2D eigenvalue weighted by Crippen LogP contribution is 2.54. The predicted molar refractivity (Wildman–Crippen MR) is 84.9 cm³/mol. The van der Waals surface area contributed by atoms with E-state index in [2.05, 4.69) is 45.9 Å². The molecule has 2 rings (SSSR count). The average Bonchev–Trinajstić information content (AvgIpc) is 2.80. The fourth-order valence-electron chi connectivity index (χ4n) is 3.73. The molecule has 0 amide bonds. The van der Waals surface area contributed by atoms with Crippen molar-refractivity contribution in [3.63, 3.8) is 0 Å². The smallest absolute Gasteiger partial charge is 0.0641 e. The number of aryl methyl sites for hydroxylation is 2. The van der Waals surface area contributed by atoms with Gasteiger partial charge in [0.15, 0.2) is 0 Å². The van der Waals surface area contributed by atoms with E-state index in [0.717, 1.165) is 5.92 Å². The van der Waals surface area contributed by atoms with E-state index in [4.69, 9.17) is 11.6 Å². The van der Waals surface area contributed by atoms with Crippen LogP contribution in [0.1, 0.15) is 68.0 Å². The third-order valence-electron chi connectivity index (χ3n) is 4.78. The Morgan fingerprint density at radius 1 is 1.11 bits per heavy atom. The van der Waals surface area contributed by atoms with Gasteiger partial charge in [-0.25, -0.2) is 0 Å². The molecule has 0 nitrogen and oxygen atoms in total. The Hall–Kier alpha value is -0.490. The molecule has 1 aliphatic rings. The van der Waals surface area contributed by atoms with E-state index in [1.54, 1.807) is 0 Å². The van der Waals surface area contributed by atoms with Crippen LogP contribution in [0.2, 0.25) is 0 Å². The maximum absolute atomic E-state index is 6.94. The van der Waals surface area contributed by atoms with E-state index in [1.165, 1.54) is 48.8 Å². The second kappa shape index (κ2) is 5.87. The summed E-state index contributed by atoms with van der Waals surface area (Å²) in [6.45, 7) is 9.00. The van der Waals surface area contributed by atoms with Crippen molar-refractivity contribution in [1.82, 2.24) is 0 Å². The van der Waals surface area contributed by atoms with Gasteiger partial charge in [0.1, 0.15) is 0 Å². The van der Waals surface area contributed by atoms with Gasteiger partial charge in [-0.2, -0.15) is 0 Å². The Kier molecular flexibility index (Phi) is 4.61. The summed E-state index contributed by atoms with van der Waals surface area (Å²) in [6, 6.07) is 6.76. The van der Waals surface area contributed by atoms with Gasteiger partial charge in [0.2, 0.25) is 0 Å². The quantitative estimate of drug-likeness (QED) is 0.576. The summed E-state index contributed by atoms with van der Waals surface area (Å²) in [5, 5.41) is 0.177. The molecule has 19 heavy (non-hydrogen) atoms. The topological polar surface area (TPSA) is 0 Å². The first kappa shape index (κ1) is 14.9. The number of alkyl halides is 1. The summed E-state index contributed by atoms with van der Waals surface area (Å²) in [4.78, 5) is 0. The highest BCUT2D eigenvalue weighted by atomic mass is 35.5. The van der Waals surface area contributed by atoms with Crippen molar-refractivity contribution in [2.75, 3.05) is 0 Å². The Morgan fingerprint density at radius 2 is 1.74 bits per heavy atom. The normalized spacial score (nSPS) is 19.9. The zero-order chi connectivity index (χ0) is 14.0. The van der Waals surface area contributed by atoms with Gasteiger partial charge >= 0.3 is 0 Å². The van der Waals surface area contributed by atoms with E-state index >= 15 is 0 Å². The molecule has 0 radical (unpaired) electrons. The minimum Gasteiger partial charge on any atom is -0.117 e. The summed E-state index contributed by atoms with van der Waals surface area (Å²) in [5.74, 6) is 0.728. The lowest BCUT2D eigenvalue weighted by molar-refractivity contribution is 0.223. The highest BCUT2D eigenvalue weighted by molar-refractivity contribution is 6.21. The van der Waals surface area contributed by atoms with Gasteiger partial charge < -0.3 is 0 Å². The standard InChI is InChI=1S/C18H27Cl/c1-13(2)12-18(9-5-6-10-18)17(19)16-8-7-14(3)15(4)11-16/h7-8,11,13,17H,5-6,9-10,12H2,1-4H3. The summed E-state index contributed by atoms with van der Waals surface area (Å²) in [7, 11) is 0. The first-order valence-electron chi connectivity index (χ1n) is 7.66. The van der Waals surface area contributed by atoms with E-state index < -0.39 is 0 Å². The zero-order valence-corrected chi connectivity index (χ0v) is 13.6. The maximum Gasteiger partial charge on any atom is 0.0641 e. The van der Waals surface area contributed by atoms with Crippen LogP contribution in [0.4, 0.5) is 0 Å². The molecule has 1 atom stereocenters. The second-order valence-electron chi connectivity index (χ2n) is 6.87. The third-order valence-corrected chi connectivity index (χ3v) is 5.49. The lowest BCUT2D eigenvalue weighted by Crippen LogP contribution is -2.24. The molecule has 0 aliphatic heterocycles. The Bertz CT molecular complexity index is 427. The molecule has 0 saturated heterocycles. The summed E-state index contributed by atoms with van der Waals surface area (Å²) in [6.07, 6.45) is 6.55. The van der Waals surface area contributed by atoms with Crippen molar-refractivity contribution in [3.8, 4) is 0 Å².